The van der Waals surface area contributed by atoms with Crippen molar-refractivity contribution in [2.24, 2.45) is 0 Å². The minimum atomic E-state index is -1.62. The third-order valence-electron chi connectivity index (χ3n) is 1.36. The smallest absolute Gasteiger partial charge is 0.484 e. The summed E-state index contributed by atoms with van der Waals surface area (Å²) < 4.78 is 17.0. The summed E-state index contributed by atoms with van der Waals surface area (Å²) in [5.74, 6) is -0.148. The molecular weight excluding hydrogens is 326 g/mol. The van der Waals surface area contributed by atoms with Crippen molar-refractivity contribution < 1.29 is 125 Å². The molecule has 0 aliphatic heterocycles. The van der Waals surface area contributed by atoms with Crippen LogP contribution in [0, 0.1) is 0 Å². The first-order chi connectivity index (χ1) is 8.58. The summed E-state index contributed by atoms with van der Waals surface area (Å²) in [6.45, 7) is 0. The van der Waals surface area contributed by atoms with Crippen molar-refractivity contribution >= 4 is 12.3 Å². The second-order valence-electron chi connectivity index (χ2n) is 2.57. The van der Waals surface area contributed by atoms with E-state index in [-0.39, 0.29) is 98.3 Å². The van der Waals surface area contributed by atoms with Crippen LogP contribution in [0.4, 0.5) is 9.59 Å². The summed E-state index contributed by atoms with van der Waals surface area (Å²) in [5, 5.41) is 19.3. The Hall–Kier alpha value is -0.304. The van der Waals surface area contributed by atoms with Crippen LogP contribution in [-0.4, -0.2) is 17.8 Å². The van der Waals surface area contributed by atoms with E-state index in [1.807, 2.05) is 0 Å². The van der Waals surface area contributed by atoms with E-state index in [4.69, 9.17) is 0 Å². The fourth-order valence-corrected chi connectivity index (χ4v) is 0.807. The summed E-state index contributed by atoms with van der Waals surface area (Å²) in [6.07, 6.45) is -0.633. The Balaban J connectivity index is -0.000000270. The molecule has 0 spiro atoms. The van der Waals surface area contributed by atoms with E-state index in [2.05, 4.69) is 18.3 Å². The van der Waals surface area contributed by atoms with Gasteiger partial charge in [-0.3, -0.25) is 0 Å². The van der Waals surface area contributed by atoms with E-state index < -0.39 is 12.3 Å². The summed E-state index contributed by atoms with van der Waals surface area (Å²) in [5.41, 5.74) is 0. The Labute approximate surface area is 183 Å². The SMILES string of the molecule is O.O=C([O-])Oc1ccco1.O=C([O-])Oc1ccco1.[K+].[Na+]. The molecule has 2 N–H and O–H groups in total. The maximum Gasteiger partial charge on any atom is 1.00 e. The average molecular weight is 334 g/mol. The van der Waals surface area contributed by atoms with E-state index in [1.165, 1.54) is 36.8 Å². The van der Waals surface area contributed by atoms with Gasteiger partial charge in [0.2, 0.25) is 11.9 Å². The van der Waals surface area contributed by atoms with Crippen LogP contribution >= 0.6 is 0 Å². The zero-order chi connectivity index (χ0) is 13.4. The van der Waals surface area contributed by atoms with Gasteiger partial charge in [-0.2, -0.15) is 0 Å². The summed E-state index contributed by atoms with van der Waals surface area (Å²) in [7, 11) is 0. The number of carbonyl (C=O) groups excluding carboxylic acids is 2. The molecule has 0 amide bonds. The van der Waals surface area contributed by atoms with Gasteiger partial charge in [-0.25, -0.2) is 0 Å². The quantitative estimate of drug-likeness (QED) is 0.387. The molecule has 2 aromatic heterocycles. The molecule has 0 radical (unpaired) electrons. The van der Waals surface area contributed by atoms with Crippen molar-refractivity contribution in [1.29, 1.82) is 0 Å². The van der Waals surface area contributed by atoms with Crippen LogP contribution < -0.4 is 101 Å². The fraction of sp³-hybridized carbons (Fsp3) is 0. The van der Waals surface area contributed by atoms with Crippen molar-refractivity contribution in [2.75, 3.05) is 0 Å². The fourth-order valence-electron chi connectivity index (χ4n) is 0.807. The molecule has 0 saturated heterocycles. The van der Waals surface area contributed by atoms with Crippen LogP contribution in [0.1, 0.15) is 0 Å². The Bertz CT molecular complexity index is 436. The molecule has 0 fully saturated rings. The summed E-state index contributed by atoms with van der Waals surface area (Å²) in [4.78, 5) is 19.3. The Morgan fingerprint density at radius 3 is 1.43 bits per heavy atom. The molecule has 0 aliphatic carbocycles. The van der Waals surface area contributed by atoms with Crippen molar-refractivity contribution in [3.8, 4) is 11.9 Å². The van der Waals surface area contributed by atoms with Crippen molar-refractivity contribution in [3.63, 3.8) is 0 Å². The van der Waals surface area contributed by atoms with Crippen LogP contribution in [0.15, 0.2) is 45.6 Å². The van der Waals surface area contributed by atoms with Gasteiger partial charge in [0.05, 0.1) is 12.5 Å². The first-order valence-corrected chi connectivity index (χ1v) is 4.42. The topological polar surface area (TPSA) is 156 Å². The first kappa shape index (κ1) is 25.6. The Morgan fingerprint density at radius 1 is 0.905 bits per heavy atom. The van der Waals surface area contributed by atoms with Gasteiger partial charge in [-0.05, 0) is 12.1 Å². The van der Waals surface area contributed by atoms with Crippen LogP contribution in [0.2, 0.25) is 0 Å². The van der Waals surface area contributed by atoms with Gasteiger partial charge >= 0.3 is 80.9 Å². The van der Waals surface area contributed by atoms with Crippen molar-refractivity contribution in [1.82, 2.24) is 0 Å². The second kappa shape index (κ2) is 14.6. The molecular formula is C10H8KNaO9. The molecule has 104 valence electrons. The van der Waals surface area contributed by atoms with Gasteiger partial charge in [0.1, 0.15) is 0 Å². The third kappa shape index (κ3) is 13.1. The molecule has 0 saturated carbocycles. The Kier molecular flexibility index (Phi) is 17.9. The number of ether oxygens (including phenoxy) is 2. The van der Waals surface area contributed by atoms with Gasteiger partial charge in [-0.15, -0.1) is 0 Å². The molecule has 0 aliphatic rings. The third-order valence-corrected chi connectivity index (χ3v) is 1.36. The minimum Gasteiger partial charge on any atom is -0.484 e. The van der Waals surface area contributed by atoms with Crippen molar-refractivity contribution in [3.05, 3.63) is 36.8 Å². The van der Waals surface area contributed by atoms with E-state index in [1.54, 1.807) is 0 Å². The molecule has 2 heterocycles. The molecule has 0 bridgehead atoms. The molecule has 0 aromatic carbocycles. The molecule has 11 heteroatoms. The zero-order valence-electron chi connectivity index (χ0n) is 11.2. The maximum absolute atomic E-state index is 9.67. The van der Waals surface area contributed by atoms with Crippen LogP contribution in [0.25, 0.3) is 0 Å². The average Bonchev–Trinajstić information content (AvgIpc) is 2.90. The Morgan fingerprint density at radius 2 is 1.24 bits per heavy atom. The largest absolute Gasteiger partial charge is 1.00 e. The van der Waals surface area contributed by atoms with Crippen molar-refractivity contribution in [2.45, 2.75) is 0 Å². The van der Waals surface area contributed by atoms with Gasteiger partial charge in [0.25, 0.3) is 12.3 Å². The maximum atomic E-state index is 9.67. The van der Waals surface area contributed by atoms with E-state index in [0.717, 1.165) is 0 Å². The normalized spacial score (nSPS) is 7.62. The van der Waals surface area contributed by atoms with E-state index in [9.17, 15) is 19.8 Å². The van der Waals surface area contributed by atoms with Gasteiger partial charge in [0.15, 0.2) is 0 Å². The second-order valence-corrected chi connectivity index (χ2v) is 2.57. The molecule has 2 aromatic rings. The summed E-state index contributed by atoms with van der Waals surface area (Å²) in [6, 6.07) is 5.77. The standard InChI is InChI=1S/2C5H4O4.K.Na.H2O/c2*6-5(7)9-4-2-1-3-8-4;;;/h2*1-3H,(H,6,7);;;1H2/q;;2*+1;/p-2. The predicted molar refractivity (Wildman–Crippen MR) is 53.1 cm³/mol. The number of carboxylic acid groups (broad SMARTS) is 2. The van der Waals surface area contributed by atoms with Gasteiger partial charge < -0.3 is 43.6 Å². The minimum absolute atomic E-state index is 0. The number of hydrogen-bond donors (Lipinski definition) is 0. The van der Waals surface area contributed by atoms with E-state index in [0.29, 0.717) is 0 Å². The molecule has 0 unspecified atom stereocenters. The van der Waals surface area contributed by atoms with E-state index >= 15 is 0 Å². The molecule has 2 rings (SSSR count). The van der Waals surface area contributed by atoms with Crippen LogP contribution in [-0.2, 0) is 0 Å². The molecule has 0 atom stereocenters. The number of rotatable bonds is 2. The number of furan rings is 2. The predicted octanol–water partition coefficient (Wildman–Crippen LogP) is -6.81. The van der Waals surface area contributed by atoms with Gasteiger partial charge in [-0.1, -0.05) is 0 Å². The molecule has 21 heavy (non-hydrogen) atoms. The number of carbonyl (C=O) groups is 2. The van der Waals surface area contributed by atoms with Gasteiger partial charge in [0, 0.05) is 12.1 Å². The number of hydrogen-bond acceptors (Lipinski definition) is 8. The zero-order valence-corrected chi connectivity index (χ0v) is 16.4. The summed E-state index contributed by atoms with van der Waals surface area (Å²) >= 11 is 0. The van der Waals surface area contributed by atoms with Crippen LogP contribution in [0.5, 0.6) is 11.9 Å². The first-order valence-electron chi connectivity index (χ1n) is 4.42. The monoisotopic (exact) mass is 334 g/mol. The molecule has 9 nitrogen and oxygen atoms in total. The van der Waals surface area contributed by atoms with Crippen LogP contribution in [0.3, 0.4) is 0 Å².